The molecule has 0 spiro atoms. The molecule has 5 rings (SSSR count). The quantitative estimate of drug-likeness (QED) is 0.390. The Balaban J connectivity index is 1.40. The molecule has 0 saturated carbocycles. The van der Waals surface area contributed by atoms with Crippen LogP contribution in [0, 0.1) is 17.5 Å². The van der Waals surface area contributed by atoms with E-state index in [9.17, 15) is 28.2 Å². The van der Waals surface area contributed by atoms with Crippen molar-refractivity contribution in [2.75, 3.05) is 18.6 Å². The van der Waals surface area contributed by atoms with Crippen LogP contribution in [0.4, 0.5) is 18.9 Å². The maximum atomic E-state index is 13.7. The number of fused-ring (bicyclic) bond motifs is 1. The second-order valence-electron chi connectivity index (χ2n) is 8.38. The number of aliphatic hydroxyl groups excluding tert-OH is 2. The lowest BCUT2D eigenvalue weighted by molar-refractivity contribution is -0.169. The second kappa shape index (κ2) is 9.58. The first kappa shape index (κ1) is 24.3. The normalized spacial score (nSPS) is 22.2. The van der Waals surface area contributed by atoms with E-state index in [4.69, 9.17) is 4.74 Å². The summed E-state index contributed by atoms with van der Waals surface area (Å²) >= 11 is 1.44. The summed E-state index contributed by atoms with van der Waals surface area (Å²) in [6.45, 7) is -0.562. The summed E-state index contributed by atoms with van der Waals surface area (Å²) < 4.78 is 48.5. The number of halogens is 3. The standard InChI is InChI=1S/C23H20F3N5O4S/c1-30(12-2-3-15-20(6-12)36-10-27-15)23(34)18-7-17(22(33)19(9-32)35-18)31-8-16(28-29-31)11-4-13(24)21(26)14(25)5-11/h2-6,8,10,17-19,22,32-33H,7,9H2,1H3/t17-,18-,19-,22-/m1/s1. The predicted molar refractivity (Wildman–Crippen MR) is 124 cm³/mol. The van der Waals surface area contributed by atoms with E-state index in [0.717, 1.165) is 22.3 Å². The molecular weight excluding hydrogens is 499 g/mol. The van der Waals surface area contributed by atoms with Crippen molar-refractivity contribution in [3.8, 4) is 11.3 Å². The second-order valence-corrected chi connectivity index (χ2v) is 9.27. The number of benzene rings is 2. The fourth-order valence-electron chi connectivity index (χ4n) is 4.20. The first-order valence-electron chi connectivity index (χ1n) is 10.9. The van der Waals surface area contributed by atoms with Gasteiger partial charge >= 0.3 is 0 Å². The third kappa shape index (κ3) is 4.34. The van der Waals surface area contributed by atoms with Crippen LogP contribution in [0.15, 0.2) is 42.0 Å². The van der Waals surface area contributed by atoms with Crippen LogP contribution < -0.4 is 4.90 Å². The fraction of sp³-hybridized carbons (Fsp3) is 0.304. The zero-order chi connectivity index (χ0) is 25.6. The van der Waals surface area contributed by atoms with E-state index in [1.54, 1.807) is 24.7 Å². The number of aliphatic hydroxyl groups is 2. The summed E-state index contributed by atoms with van der Waals surface area (Å²) in [6, 6.07) is 6.10. The lowest BCUT2D eigenvalue weighted by Crippen LogP contribution is -2.52. The number of rotatable bonds is 5. The van der Waals surface area contributed by atoms with Crippen molar-refractivity contribution < 1.29 is 32.9 Å². The number of likely N-dealkylation sites (N-methyl/N-ethyl adjacent to an activating group) is 1. The third-order valence-electron chi connectivity index (χ3n) is 6.19. The van der Waals surface area contributed by atoms with Gasteiger partial charge in [-0.05, 0) is 30.3 Å². The van der Waals surface area contributed by atoms with Gasteiger partial charge in [0.25, 0.3) is 5.91 Å². The van der Waals surface area contributed by atoms with Gasteiger partial charge in [-0.2, -0.15) is 0 Å². The number of nitrogens with zero attached hydrogens (tertiary/aromatic N) is 5. The molecule has 0 bridgehead atoms. The smallest absolute Gasteiger partial charge is 0.255 e. The number of hydrogen-bond donors (Lipinski definition) is 2. The molecule has 1 amide bonds. The summed E-state index contributed by atoms with van der Waals surface area (Å²) in [5.41, 5.74) is 3.12. The monoisotopic (exact) mass is 519 g/mol. The highest BCUT2D eigenvalue weighted by atomic mass is 32.1. The van der Waals surface area contributed by atoms with E-state index < -0.39 is 54.3 Å². The molecule has 1 aliphatic rings. The Kier molecular flexibility index (Phi) is 6.47. The average molecular weight is 520 g/mol. The van der Waals surface area contributed by atoms with Crippen LogP contribution in [0.5, 0.6) is 0 Å². The van der Waals surface area contributed by atoms with Gasteiger partial charge in [0.15, 0.2) is 17.5 Å². The van der Waals surface area contributed by atoms with Gasteiger partial charge < -0.3 is 19.8 Å². The molecule has 2 aromatic heterocycles. The number of aromatic nitrogens is 4. The van der Waals surface area contributed by atoms with Gasteiger partial charge in [0.05, 0.1) is 34.6 Å². The Morgan fingerprint density at radius 2 is 2.00 bits per heavy atom. The summed E-state index contributed by atoms with van der Waals surface area (Å²) in [6.07, 6.45) is -2.08. The molecule has 13 heteroatoms. The number of carbonyl (C=O) groups is 1. The molecule has 188 valence electrons. The summed E-state index contributed by atoms with van der Waals surface area (Å²) in [5, 5.41) is 28.3. The highest BCUT2D eigenvalue weighted by Crippen LogP contribution is 2.33. The van der Waals surface area contributed by atoms with Crippen molar-refractivity contribution in [2.45, 2.75) is 30.8 Å². The Labute approximate surface area is 206 Å². The molecule has 0 aliphatic carbocycles. The van der Waals surface area contributed by atoms with Crippen molar-refractivity contribution in [1.29, 1.82) is 0 Å². The minimum absolute atomic E-state index is 0.0153. The molecule has 0 unspecified atom stereocenters. The molecule has 0 radical (unpaired) electrons. The van der Waals surface area contributed by atoms with Gasteiger partial charge in [-0.25, -0.2) is 22.8 Å². The van der Waals surface area contributed by atoms with Crippen LogP contribution in [-0.2, 0) is 9.53 Å². The van der Waals surface area contributed by atoms with Gasteiger partial charge in [-0.15, -0.1) is 16.4 Å². The zero-order valence-corrected chi connectivity index (χ0v) is 19.6. The van der Waals surface area contributed by atoms with E-state index in [-0.39, 0.29) is 17.7 Å². The molecule has 2 N–H and O–H groups in total. The maximum absolute atomic E-state index is 13.7. The van der Waals surface area contributed by atoms with Gasteiger partial charge in [0.1, 0.15) is 24.0 Å². The Morgan fingerprint density at radius 3 is 2.72 bits per heavy atom. The third-order valence-corrected chi connectivity index (χ3v) is 6.98. The number of anilines is 1. The number of carbonyl (C=O) groups excluding carboxylic acids is 1. The number of ether oxygens (including phenoxy) is 1. The molecule has 1 fully saturated rings. The van der Waals surface area contributed by atoms with Gasteiger partial charge in [0.2, 0.25) is 0 Å². The van der Waals surface area contributed by atoms with Crippen molar-refractivity contribution >= 4 is 33.1 Å². The van der Waals surface area contributed by atoms with Crippen molar-refractivity contribution in [3.05, 3.63) is 59.5 Å². The zero-order valence-electron chi connectivity index (χ0n) is 18.8. The highest BCUT2D eigenvalue weighted by Gasteiger charge is 2.42. The van der Waals surface area contributed by atoms with Gasteiger partial charge in [-0.1, -0.05) is 5.21 Å². The lowest BCUT2D eigenvalue weighted by atomic mass is 9.94. The van der Waals surface area contributed by atoms with E-state index in [1.165, 1.54) is 27.1 Å². The number of amides is 1. The van der Waals surface area contributed by atoms with Crippen LogP contribution in [0.2, 0.25) is 0 Å². The van der Waals surface area contributed by atoms with E-state index in [0.29, 0.717) is 5.69 Å². The molecule has 3 heterocycles. The van der Waals surface area contributed by atoms with E-state index in [1.807, 2.05) is 6.07 Å². The molecule has 1 aliphatic heterocycles. The first-order chi connectivity index (χ1) is 17.3. The van der Waals surface area contributed by atoms with Crippen molar-refractivity contribution in [3.63, 3.8) is 0 Å². The fourth-order valence-corrected chi connectivity index (χ4v) is 4.91. The summed E-state index contributed by atoms with van der Waals surface area (Å²) in [7, 11) is 1.59. The highest BCUT2D eigenvalue weighted by molar-refractivity contribution is 7.16. The molecular formula is C23H20F3N5O4S. The predicted octanol–water partition coefficient (Wildman–Crippen LogP) is 2.69. The van der Waals surface area contributed by atoms with Crippen LogP contribution in [-0.4, -0.2) is 68.1 Å². The number of hydrogen-bond acceptors (Lipinski definition) is 8. The largest absolute Gasteiger partial charge is 0.394 e. The Hall–Kier alpha value is -3.39. The van der Waals surface area contributed by atoms with Crippen LogP contribution >= 0.6 is 11.3 Å². The molecule has 4 aromatic rings. The lowest BCUT2D eigenvalue weighted by Gasteiger charge is -2.39. The molecule has 36 heavy (non-hydrogen) atoms. The van der Waals surface area contributed by atoms with E-state index in [2.05, 4.69) is 15.3 Å². The van der Waals surface area contributed by atoms with Crippen LogP contribution in [0.3, 0.4) is 0 Å². The summed E-state index contributed by atoms with van der Waals surface area (Å²) in [4.78, 5) is 19.0. The maximum Gasteiger partial charge on any atom is 0.255 e. The minimum atomic E-state index is -1.60. The summed E-state index contributed by atoms with van der Waals surface area (Å²) in [5.74, 6) is -4.76. The van der Waals surface area contributed by atoms with Gasteiger partial charge in [-0.3, -0.25) is 4.79 Å². The molecule has 9 nitrogen and oxygen atoms in total. The number of thiazole rings is 1. The average Bonchev–Trinajstić information content (AvgIpc) is 3.55. The van der Waals surface area contributed by atoms with Crippen LogP contribution in [0.1, 0.15) is 12.5 Å². The van der Waals surface area contributed by atoms with Crippen molar-refractivity contribution in [2.24, 2.45) is 0 Å². The molecule has 2 aromatic carbocycles. The van der Waals surface area contributed by atoms with Crippen molar-refractivity contribution in [1.82, 2.24) is 20.0 Å². The SMILES string of the molecule is CN(C(=O)[C@H]1C[C@@H](n2cc(-c3cc(F)c(F)c(F)c3)nn2)[C@@H](O)[C@@H](CO)O1)c1ccc2ncsc2c1. The Bertz CT molecular complexity index is 1410. The van der Waals surface area contributed by atoms with E-state index >= 15 is 0 Å². The van der Waals surface area contributed by atoms with Gasteiger partial charge in [0, 0.05) is 24.7 Å². The molecule has 4 atom stereocenters. The topological polar surface area (TPSA) is 114 Å². The first-order valence-corrected chi connectivity index (χ1v) is 11.8. The molecule has 1 saturated heterocycles. The Morgan fingerprint density at radius 1 is 1.25 bits per heavy atom. The van der Waals surface area contributed by atoms with Crippen LogP contribution in [0.25, 0.3) is 21.5 Å². The minimum Gasteiger partial charge on any atom is -0.394 e.